The normalized spacial score (nSPS) is 15.1. The van der Waals surface area contributed by atoms with Crippen molar-refractivity contribution in [2.24, 2.45) is 5.10 Å². The minimum Gasteiger partial charge on any atom is -0.352 e. The zero-order valence-corrected chi connectivity index (χ0v) is 16.1. The van der Waals surface area contributed by atoms with E-state index in [0.717, 1.165) is 31.2 Å². The first kappa shape index (κ1) is 20.9. The molecule has 0 spiro atoms. The average Bonchev–Trinajstić information content (AvgIpc) is 2.66. The summed E-state index contributed by atoms with van der Waals surface area (Å²) in [7, 11) is 0. The quantitative estimate of drug-likeness (QED) is 0.393. The summed E-state index contributed by atoms with van der Waals surface area (Å²) in [5.41, 5.74) is 3.53. The summed E-state index contributed by atoms with van der Waals surface area (Å²) in [5, 5.41) is 9.93. The van der Waals surface area contributed by atoms with Crippen LogP contribution in [0.15, 0.2) is 29.4 Å². The van der Waals surface area contributed by atoms with Crippen LogP contribution in [0.1, 0.15) is 51.0 Å². The van der Waals surface area contributed by atoms with Gasteiger partial charge in [-0.05, 0) is 37.5 Å². The van der Waals surface area contributed by atoms with Crippen LogP contribution in [0.5, 0.6) is 0 Å². The number of hydrogen-bond acceptors (Lipinski definition) is 4. The van der Waals surface area contributed by atoms with Crippen molar-refractivity contribution >= 4 is 35.0 Å². The predicted octanol–water partition coefficient (Wildman–Crippen LogP) is 2.29. The molecule has 3 amide bonds. The highest BCUT2D eigenvalue weighted by atomic mass is 35.5. The zero-order chi connectivity index (χ0) is 19.6. The van der Waals surface area contributed by atoms with Crippen LogP contribution in [0.25, 0.3) is 0 Å². The molecule has 1 aliphatic carbocycles. The topological polar surface area (TPSA) is 99.7 Å². The Labute approximate surface area is 163 Å². The van der Waals surface area contributed by atoms with E-state index in [1.54, 1.807) is 19.1 Å². The Morgan fingerprint density at radius 3 is 2.41 bits per heavy atom. The minimum atomic E-state index is -0.818. The van der Waals surface area contributed by atoms with E-state index in [0.29, 0.717) is 17.3 Å². The standard InChI is InChI=1S/C19H25ClN4O3/c1-13(11-17(25)21-12-14-7-9-15(20)10-8-14)23-24-19(27)18(26)22-16-5-3-2-4-6-16/h7-10,16H,2-6,11-12H2,1H3,(H,21,25)(H,22,26)(H,24,27). The van der Waals surface area contributed by atoms with Gasteiger partial charge in [-0.3, -0.25) is 14.4 Å². The summed E-state index contributed by atoms with van der Waals surface area (Å²) in [6.45, 7) is 1.99. The maximum Gasteiger partial charge on any atom is 0.329 e. The van der Waals surface area contributed by atoms with Crippen LogP contribution in [-0.2, 0) is 20.9 Å². The number of nitrogens with one attached hydrogen (secondary N) is 3. The molecule has 7 nitrogen and oxygen atoms in total. The van der Waals surface area contributed by atoms with Gasteiger partial charge in [-0.25, -0.2) is 5.43 Å². The molecular formula is C19H25ClN4O3. The first-order valence-electron chi connectivity index (χ1n) is 9.09. The molecule has 0 atom stereocenters. The molecule has 1 aliphatic rings. The van der Waals surface area contributed by atoms with E-state index in [1.165, 1.54) is 6.42 Å². The van der Waals surface area contributed by atoms with Crippen molar-refractivity contribution in [1.82, 2.24) is 16.1 Å². The number of hydrazone groups is 1. The van der Waals surface area contributed by atoms with Gasteiger partial charge >= 0.3 is 11.8 Å². The molecule has 0 bridgehead atoms. The van der Waals surface area contributed by atoms with Gasteiger partial charge in [0.05, 0.1) is 6.42 Å². The van der Waals surface area contributed by atoms with Gasteiger partial charge in [0.1, 0.15) is 0 Å². The fourth-order valence-electron chi connectivity index (χ4n) is 2.83. The first-order valence-corrected chi connectivity index (χ1v) is 9.47. The van der Waals surface area contributed by atoms with Gasteiger partial charge in [0, 0.05) is 23.3 Å². The molecule has 0 aromatic heterocycles. The minimum absolute atomic E-state index is 0.0259. The molecule has 27 heavy (non-hydrogen) atoms. The molecule has 0 heterocycles. The monoisotopic (exact) mass is 392 g/mol. The molecule has 1 aromatic carbocycles. The molecule has 1 aromatic rings. The van der Waals surface area contributed by atoms with E-state index in [4.69, 9.17) is 11.6 Å². The maximum absolute atomic E-state index is 11.9. The predicted molar refractivity (Wildman–Crippen MR) is 104 cm³/mol. The van der Waals surface area contributed by atoms with Crippen molar-refractivity contribution in [3.63, 3.8) is 0 Å². The number of carbonyl (C=O) groups is 3. The summed E-state index contributed by atoms with van der Waals surface area (Å²) in [4.78, 5) is 35.6. The van der Waals surface area contributed by atoms with E-state index in [9.17, 15) is 14.4 Å². The molecule has 3 N–H and O–H groups in total. The summed E-state index contributed by atoms with van der Waals surface area (Å²) < 4.78 is 0. The van der Waals surface area contributed by atoms with Gasteiger partial charge in [-0.1, -0.05) is 43.0 Å². The van der Waals surface area contributed by atoms with E-state index in [1.807, 2.05) is 12.1 Å². The van der Waals surface area contributed by atoms with Gasteiger partial charge < -0.3 is 10.6 Å². The fraction of sp³-hybridized carbons (Fsp3) is 0.474. The summed E-state index contributed by atoms with van der Waals surface area (Å²) in [6, 6.07) is 7.22. The van der Waals surface area contributed by atoms with E-state index in [-0.39, 0.29) is 18.4 Å². The molecule has 0 radical (unpaired) electrons. The Balaban J connectivity index is 1.70. The Morgan fingerprint density at radius 2 is 1.74 bits per heavy atom. The Hall–Kier alpha value is -2.41. The summed E-state index contributed by atoms with van der Waals surface area (Å²) in [5.74, 6) is -1.74. The summed E-state index contributed by atoms with van der Waals surface area (Å²) >= 11 is 5.81. The van der Waals surface area contributed by atoms with E-state index >= 15 is 0 Å². The van der Waals surface area contributed by atoms with Crippen LogP contribution >= 0.6 is 11.6 Å². The van der Waals surface area contributed by atoms with Crippen LogP contribution < -0.4 is 16.1 Å². The molecule has 2 rings (SSSR count). The second-order valence-electron chi connectivity index (χ2n) is 6.68. The van der Waals surface area contributed by atoms with Crippen LogP contribution in [-0.4, -0.2) is 29.5 Å². The second-order valence-corrected chi connectivity index (χ2v) is 7.11. The molecule has 146 valence electrons. The summed E-state index contributed by atoms with van der Waals surface area (Å²) in [6.07, 6.45) is 5.12. The van der Waals surface area contributed by atoms with Crippen molar-refractivity contribution in [1.29, 1.82) is 0 Å². The Bertz CT molecular complexity index is 697. The first-order chi connectivity index (χ1) is 12.9. The fourth-order valence-corrected chi connectivity index (χ4v) is 2.96. The van der Waals surface area contributed by atoms with Gasteiger partial charge in [0.2, 0.25) is 5.91 Å². The van der Waals surface area contributed by atoms with Gasteiger partial charge in [0.15, 0.2) is 0 Å². The number of amides is 3. The molecule has 1 fully saturated rings. The van der Waals surface area contributed by atoms with Gasteiger partial charge in [-0.15, -0.1) is 0 Å². The number of rotatable bonds is 6. The lowest BCUT2D eigenvalue weighted by molar-refractivity contribution is -0.139. The lowest BCUT2D eigenvalue weighted by Crippen LogP contribution is -2.44. The molecule has 8 heteroatoms. The smallest absolute Gasteiger partial charge is 0.329 e. The van der Waals surface area contributed by atoms with Gasteiger partial charge in [-0.2, -0.15) is 5.10 Å². The van der Waals surface area contributed by atoms with Crippen LogP contribution in [0.3, 0.4) is 0 Å². The maximum atomic E-state index is 11.9. The van der Waals surface area contributed by atoms with Crippen molar-refractivity contribution < 1.29 is 14.4 Å². The van der Waals surface area contributed by atoms with E-state index < -0.39 is 11.8 Å². The highest BCUT2D eigenvalue weighted by Gasteiger charge is 2.20. The van der Waals surface area contributed by atoms with Crippen molar-refractivity contribution in [3.8, 4) is 0 Å². The molecule has 0 unspecified atom stereocenters. The Morgan fingerprint density at radius 1 is 1.07 bits per heavy atom. The number of halogens is 1. The van der Waals surface area contributed by atoms with Crippen LogP contribution in [0, 0.1) is 0 Å². The van der Waals surface area contributed by atoms with Crippen LogP contribution in [0.2, 0.25) is 5.02 Å². The molecule has 0 saturated heterocycles. The number of benzene rings is 1. The van der Waals surface area contributed by atoms with Gasteiger partial charge in [0.25, 0.3) is 0 Å². The SMILES string of the molecule is CC(CC(=O)NCc1ccc(Cl)cc1)=NNC(=O)C(=O)NC1CCCCC1. The second kappa shape index (κ2) is 10.7. The lowest BCUT2D eigenvalue weighted by Gasteiger charge is -2.22. The Kier molecular flexibility index (Phi) is 8.26. The van der Waals surface area contributed by atoms with Crippen molar-refractivity contribution in [2.45, 2.75) is 58.0 Å². The average molecular weight is 393 g/mol. The highest BCUT2D eigenvalue weighted by Crippen LogP contribution is 2.17. The zero-order valence-electron chi connectivity index (χ0n) is 15.4. The molecule has 0 aliphatic heterocycles. The number of hydrogen-bond donors (Lipinski definition) is 3. The highest BCUT2D eigenvalue weighted by molar-refractivity contribution is 6.35. The third-order valence-electron chi connectivity index (χ3n) is 4.31. The van der Waals surface area contributed by atoms with Crippen molar-refractivity contribution in [3.05, 3.63) is 34.9 Å². The number of nitrogens with zero attached hydrogens (tertiary/aromatic N) is 1. The van der Waals surface area contributed by atoms with E-state index in [2.05, 4.69) is 21.2 Å². The molecule has 1 saturated carbocycles. The third kappa shape index (κ3) is 7.78. The molecular weight excluding hydrogens is 368 g/mol. The number of carbonyl (C=O) groups excluding carboxylic acids is 3. The van der Waals surface area contributed by atoms with Crippen molar-refractivity contribution in [2.75, 3.05) is 0 Å². The largest absolute Gasteiger partial charge is 0.352 e. The third-order valence-corrected chi connectivity index (χ3v) is 4.57. The lowest BCUT2D eigenvalue weighted by atomic mass is 9.95. The van der Waals surface area contributed by atoms with Crippen LogP contribution in [0.4, 0.5) is 0 Å².